The van der Waals surface area contributed by atoms with Gasteiger partial charge in [0.05, 0.1) is 0 Å². The number of hydrogen-bond acceptors (Lipinski definition) is 3. The Labute approximate surface area is 109 Å². The third-order valence-electron chi connectivity index (χ3n) is 3.72. The average molecular weight is 249 g/mol. The van der Waals surface area contributed by atoms with Crippen molar-refractivity contribution in [2.45, 2.75) is 38.3 Å². The lowest BCUT2D eigenvalue weighted by molar-refractivity contribution is 0.0179. The van der Waals surface area contributed by atoms with Crippen LogP contribution < -0.4 is 10.1 Å². The summed E-state index contributed by atoms with van der Waals surface area (Å²) in [6, 6.07) is 6.76. The zero-order valence-electron chi connectivity index (χ0n) is 11.7. The predicted molar refractivity (Wildman–Crippen MR) is 73.1 cm³/mol. The summed E-state index contributed by atoms with van der Waals surface area (Å²) >= 11 is 0. The zero-order chi connectivity index (χ0) is 13.2. The molecule has 0 aliphatic carbocycles. The van der Waals surface area contributed by atoms with Crippen LogP contribution in [0.3, 0.4) is 0 Å². The van der Waals surface area contributed by atoms with Gasteiger partial charge in [-0.2, -0.15) is 0 Å². The summed E-state index contributed by atoms with van der Waals surface area (Å²) < 4.78 is 11.4. The van der Waals surface area contributed by atoms with E-state index in [1.165, 1.54) is 11.1 Å². The van der Waals surface area contributed by atoms with Crippen molar-refractivity contribution < 1.29 is 9.47 Å². The molecule has 1 aromatic rings. The van der Waals surface area contributed by atoms with E-state index < -0.39 is 0 Å². The van der Waals surface area contributed by atoms with Crippen molar-refractivity contribution in [3.8, 4) is 5.75 Å². The number of methoxy groups -OCH3 is 1. The molecule has 3 heteroatoms. The molecule has 100 valence electrons. The SMILES string of the molecule is CNC1CC(C)(CCOC)Oc2ccc(C)cc21. The highest BCUT2D eigenvalue weighted by Crippen LogP contribution is 2.41. The summed E-state index contributed by atoms with van der Waals surface area (Å²) in [4.78, 5) is 0. The third-order valence-corrected chi connectivity index (χ3v) is 3.72. The van der Waals surface area contributed by atoms with Crippen molar-refractivity contribution in [3.05, 3.63) is 29.3 Å². The van der Waals surface area contributed by atoms with Crippen molar-refractivity contribution in [2.24, 2.45) is 0 Å². The van der Waals surface area contributed by atoms with Crippen LogP contribution in [0.2, 0.25) is 0 Å². The Balaban J connectivity index is 2.27. The Morgan fingerprint density at radius 1 is 1.50 bits per heavy atom. The summed E-state index contributed by atoms with van der Waals surface area (Å²) in [5, 5.41) is 3.40. The van der Waals surface area contributed by atoms with E-state index in [1.54, 1.807) is 7.11 Å². The summed E-state index contributed by atoms with van der Waals surface area (Å²) in [6.45, 7) is 5.01. The minimum absolute atomic E-state index is 0.147. The molecule has 0 radical (unpaired) electrons. The highest BCUT2D eigenvalue weighted by molar-refractivity contribution is 5.41. The number of fused-ring (bicyclic) bond motifs is 1. The molecule has 0 fully saturated rings. The number of aryl methyl sites for hydroxylation is 1. The van der Waals surface area contributed by atoms with Crippen LogP contribution in [0, 0.1) is 6.92 Å². The Kier molecular flexibility index (Phi) is 3.93. The Bertz CT molecular complexity index is 419. The first-order valence-electron chi connectivity index (χ1n) is 6.54. The number of benzene rings is 1. The molecule has 0 amide bonds. The molecule has 2 atom stereocenters. The van der Waals surface area contributed by atoms with Crippen molar-refractivity contribution >= 4 is 0 Å². The van der Waals surface area contributed by atoms with Crippen LogP contribution in [0.5, 0.6) is 5.75 Å². The van der Waals surface area contributed by atoms with Gasteiger partial charge in [-0.1, -0.05) is 17.7 Å². The van der Waals surface area contributed by atoms with Crippen LogP contribution >= 0.6 is 0 Å². The lowest BCUT2D eigenvalue weighted by Crippen LogP contribution is -2.42. The van der Waals surface area contributed by atoms with Crippen molar-refractivity contribution in [2.75, 3.05) is 20.8 Å². The minimum atomic E-state index is -0.147. The van der Waals surface area contributed by atoms with E-state index in [1.807, 2.05) is 7.05 Å². The van der Waals surface area contributed by atoms with Gasteiger partial charge >= 0.3 is 0 Å². The fourth-order valence-corrected chi connectivity index (χ4v) is 2.61. The van der Waals surface area contributed by atoms with Crippen LogP contribution in [-0.2, 0) is 4.74 Å². The smallest absolute Gasteiger partial charge is 0.124 e. The van der Waals surface area contributed by atoms with Gasteiger partial charge in [-0.25, -0.2) is 0 Å². The van der Waals surface area contributed by atoms with Crippen molar-refractivity contribution in [1.82, 2.24) is 5.32 Å². The van der Waals surface area contributed by atoms with E-state index in [0.29, 0.717) is 6.04 Å². The topological polar surface area (TPSA) is 30.5 Å². The molecular formula is C15H23NO2. The molecule has 1 aliphatic rings. The predicted octanol–water partition coefficient (Wildman–Crippen LogP) is 2.83. The monoisotopic (exact) mass is 249 g/mol. The standard InChI is InChI=1S/C15H23NO2/c1-11-5-6-14-12(9-11)13(16-3)10-15(2,18-14)7-8-17-4/h5-6,9,13,16H,7-8,10H2,1-4H3. The van der Waals surface area contributed by atoms with Crippen molar-refractivity contribution in [3.63, 3.8) is 0 Å². The molecule has 0 bridgehead atoms. The largest absolute Gasteiger partial charge is 0.487 e. The number of hydrogen-bond donors (Lipinski definition) is 1. The van der Waals surface area contributed by atoms with Crippen LogP contribution in [0.15, 0.2) is 18.2 Å². The van der Waals surface area contributed by atoms with Gasteiger partial charge in [-0.05, 0) is 27.0 Å². The van der Waals surface area contributed by atoms with Gasteiger partial charge in [0.25, 0.3) is 0 Å². The fourth-order valence-electron chi connectivity index (χ4n) is 2.61. The van der Waals surface area contributed by atoms with Crippen LogP contribution in [0.4, 0.5) is 0 Å². The second kappa shape index (κ2) is 5.29. The lowest BCUT2D eigenvalue weighted by atomic mass is 9.86. The molecule has 18 heavy (non-hydrogen) atoms. The highest BCUT2D eigenvalue weighted by atomic mass is 16.5. The Hall–Kier alpha value is -1.06. The third kappa shape index (κ3) is 2.68. The van der Waals surface area contributed by atoms with Gasteiger partial charge in [0.2, 0.25) is 0 Å². The van der Waals surface area contributed by atoms with E-state index in [-0.39, 0.29) is 5.60 Å². The molecule has 1 N–H and O–H groups in total. The second-order valence-electron chi connectivity index (χ2n) is 5.38. The van der Waals surface area contributed by atoms with Gasteiger partial charge in [0.15, 0.2) is 0 Å². The minimum Gasteiger partial charge on any atom is -0.487 e. The summed E-state index contributed by atoms with van der Waals surface area (Å²) in [5.41, 5.74) is 2.40. The Morgan fingerprint density at radius 3 is 2.94 bits per heavy atom. The maximum absolute atomic E-state index is 6.19. The van der Waals surface area contributed by atoms with E-state index >= 15 is 0 Å². The zero-order valence-corrected chi connectivity index (χ0v) is 11.7. The molecule has 0 saturated carbocycles. The summed E-state index contributed by atoms with van der Waals surface area (Å²) in [6.07, 6.45) is 1.89. The normalized spacial score (nSPS) is 26.6. The fraction of sp³-hybridized carbons (Fsp3) is 0.600. The number of rotatable bonds is 4. The molecule has 0 spiro atoms. The first-order valence-corrected chi connectivity index (χ1v) is 6.54. The molecule has 0 saturated heterocycles. The molecule has 2 rings (SSSR count). The second-order valence-corrected chi connectivity index (χ2v) is 5.38. The molecule has 3 nitrogen and oxygen atoms in total. The Morgan fingerprint density at radius 2 is 2.28 bits per heavy atom. The van der Waals surface area contributed by atoms with Gasteiger partial charge in [0.1, 0.15) is 11.4 Å². The summed E-state index contributed by atoms with van der Waals surface area (Å²) in [5.74, 6) is 1.00. The highest BCUT2D eigenvalue weighted by Gasteiger charge is 2.36. The van der Waals surface area contributed by atoms with Crippen LogP contribution in [-0.4, -0.2) is 26.4 Å². The molecule has 1 aliphatic heterocycles. The van der Waals surface area contributed by atoms with Gasteiger partial charge in [-0.3, -0.25) is 0 Å². The van der Waals surface area contributed by atoms with Crippen LogP contribution in [0.25, 0.3) is 0 Å². The maximum Gasteiger partial charge on any atom is 0.124 e. The van der Waals surface area contributed by atoms with Crippen LogP contribution in [0.1, 0.15) is 36.9 Å². The average Bonchev–Trinajstić information content (AvgIpc) is 2.36. The first kappa shape index (κ1) is 13.4. The molecular weight excluding hydrogens is 226 g/mol. The van der Waals surface area contributed by atoms with E-state index in [9.17, 15) is 0 Å². The maximum atomic E-state index is 6.19. The molecule has 0 aromatic heterocycles. The van der Waals surface area contributed by atoms with E-state index in [0.717, 1.165) is 25.2 Å². The van der Waals surface area contributed by atoms with Gasteiger partial charge in [0, 0.05) is 38.2 Å². The summed E-state index contributed by atoms with van der Waals surface area (Å²) in [7, 11) is 3.75. The van der Waals surface area contributed by atoms with Gasteiger partial charge in [-0.15, -0.1) is 0 Å². The molecule has 2 unspecified atom stereocenters. The number of nitrogens with one attached hydrogen (secondary N) is 1. The lowest BCUT2D eigenvalue weighted by Gasteiger charge is -2.40. The molecule has 1 aromatic carbocycles. The molecule has 1 heterocycles. The van der Waals surface area contributed by atoms with E-state index in [4.69, 9.17) is 9.47 Å². The van der Waals surface area contributed by atoms with Gasteiger partial charge < -0.3 is 14.8 Å². The van der Waals surface area contributed by atoms with E-state index in [2.05, 4.69) is 37.4 Å². The quantitative estimate of drug-likeness (QED) is 0.890. The first-order chi connectivity index (χ1) is 8.58. The number of ether oxygens (including phenoxy) is 2. The van der Waals surface area contributed by atoms with Crippen molar-refractivity contribution in [1.29, 1.82) is 0 Å².